The van der Waals surface area contributed by atoms with Gasteiger partial charge < -0.3 is 10.4 Å². The third-order valence-corrected chi connectivity index (χ3v) is 2.96. The van der Waals surface area contributed by atoms with Crippen LogP contribution >= 0.6 is 0 Å². The molecule has 0 aliphatic heterocycles. The number of rotatable bonds is 6. The number of carbonyl (C=O) groups excluding carboxylic acids is 1. The van der Waals surface area contributed by atoms with E-state index >= 15 is 0 Å². The monoisotopic (exact) mass is 215 g/mol. The molecule has 0 radical (unpaired) electrons. The quantitative estimate of drug-likeness (QED) is 0.708. The van der Waals surface area contributed by atoms with E-state index in [1.165, 1.54) is 6.92 Å². The van der Waals surface area contributed by atoms with Gasteiger partial charge in [0, 0.05) is 13.0 Å². The Labute approximate surface area is 91.1 Å². The van der Waals surface area contributed by atoms with Crippen LogP contribution in [-0.2, 0) is 9.59 Å². The van der Waals surface area contributed by atoms with Gasteiger partial charge in [0.25, 0.3) is 0 Å². The second-order valence-electron chi connectivity index (χ2n) is 4.15. The molecule has 0 rings (SSSR count). The van der Waals surface area contributed by atoms with Gasteiger partial charge in [-0.05, 0) is 11.8 Å². The lowest BCUT2D eigenvalue weighted by Gasteiger charge is -2.27. The first-order valence-electron chi connectivity index (χ1n) is 5.37. The number of amides is 1. The zero-order chi connectivity index (χ0) is 12.0. The van der Waals surface area contributed by atoms with Gasteiger partial charge in [-0.3, -0.25) is 9.59 Å². The average molecular weight is 215 g/mol. The van der Waals surface area contributed by atoms with Crippen LogP contribution < -0.4 is 5.32 Å². The minimum Gasteiger partial charge on any atom is -0.481 e. The van der Waals surface area contributed by atoms with E-state index in [4.69, 9.17) is 5.11 Å². The Morgan fingerprint density at radius 2 is 1.87 bits per heavy atom. The van der Waals surface area contributed by atoms with E-state index in [9.17, 15) is 9.59 Å². The molecule has 3 atom stereocenters. The summed E-state index contributed by atoms with van der Waals surface area (Å²) in [6.07, 6.45) is 0.974. The summed E-state index contributed by atoms with van der Waals surface area (Å²) in [6, 6.07) is -0.269. The fraction of sp³-hybridized carbons (Fsp3) is 0.818. The van der Waals surface area contributed by atoms with Crippen LogP contribution in [0.3, 0.4) is 0 Å². The fourth-order valence-electron chi connectivity index (χ4n) is 1.59. The van der Waals surface area contributed by atoms with E-state index in [0.717, 1.165) is 6.42 Å². The molecule has 0 saturated heterocycles. The normalized spacial score (nSPS) is 16.5. The topological polar surface area (TPSA) is 66.4 Å². The van der Waals surface area contributed by atoms with Gasteiger partial charge in [-0.25, -0.2) is 0 Å². The van der Waals surface area contributed by atoms with E-state index in [0.29, 0.717) is 5.92 Å². The molecule has 15 heavy (non-hydrogen) atoms. The van der Waals surface area contributed by atoms with Crippen molar-refractivity contribution in [2.24, 2.45) is 11.8 Å². The molecule has 0 aliphatic rings. The molecule has 0 aromatic heterocycles. The van der Waals surface area contributed by atoms with Crippen molar-refractivity contribution in [1.29, 1.82) is 0 Å². The first-order chi connectivity index (χ1) is 6.88. The molecule has 0 bridgehead atoms. The Morgan fingerprint density at radius 3 is 2.20 bits per heavy atom. The summed E-state index contributed by atoms with van der Waals surface area (Å²) in [5, 5.41) is 11.5. The van der Waals surface area contributed by atoms with Gasteiger partial charge in [0.15, 0.2) is 0 Å². The molecule has 88 valence electrons. The lowest BCUT2D eigenvalue weighted by atomic mass is 9.85. The highest BCUT2D eigenvalue weighted by molar-refractivity contribution is 5.75. The van der Waals surface area contributed by atoms with Gasteiger partial charge >= 0.3 is 5.97 Å². The number of aliphatic carboxylic acids is 1. The molecule has 2 N–H and O–H groups in total. The van der Waals surface area contributed by atoms with E-state index in [1.807, 2.05) is 6.92 Å². The van der Waals surface area contributed by atoms with Gasteiger partial charge in [-0.2, -0.15) is 0 Å². The third-order valence-electron chi connectivity index (χ3n) is 2.96. The molecule has 0 spiro atoms. The van der Waals surface area contributed by atoms with Crippen LogP contribution in [-0.4, -0.2) is 23.0 Å². The SMILES string of the molecule is CCC(C)C(C)C(CC(=O)O)NC(C)=O. The summed E-state index contributed by atoms with van der Waals surface area (Å²) in [6.45, 7) is 7.53. The standard InChI is InChI=1S/C11H21NO3/c1-5-7(2)8(3)10(6-11(14)15)12-9(4)13/h7-8,10H,5-6H2,1-4H3,(H,12,13)(H,14,15). The van der Waals surface area contributed by atoms with E-state index in [1.54, 1.807) is 0 Å². The van der Waals surface area contributed by atoms with E-state index < -0.39 is 5.97 Å². The van der Waals surface area contributed by atoms with Crippen molar-refractivity contribution >= 4 is 11.9 Å². The van der Waals surface area contributed by atoms with Crippen LogP contribution in [0.5, 0.6) is 0 Å². The molecular formula is C11H21NO3. The van der Waals surface area contributed by atoms with Crippen LogP contribution in [0.2, 0.25) is 0 Å². The number of hydrogen-bond acceptors (Lipinski definition) is 2. The molecule has 3 unspecified atom stereocenters. The molecule has 1 amide bonds. The van der Waals surface area contributed by atoms with Crippen LogP contribution in [0.25, 0.3) is 0 Å². The molecule has 0 saturated carbocycles. The lowest BCUT2D eigenvalue weighted by Crippen LogP contribution is -2.41. The molecule has 4 heteroatoms. The minimum atomic E-state index is -0.871. The van der Waals surface area contributed by atoms with E-state index in [-0.39, 0.29) is 24.3 Å². The summed E-state index contributed by atoms with van der Waals surface area (Å²) in [5.41, 5.74) is 0. The average Bonchev–Trinajstić information content (AvgIpc) is 2.13. The number of carboxylic acid groups (broad SMARTS) is 1. The summed E-state index contributed by atoms with van der Waals surface area (Å²) in [4.78, 5) is 21.6. The Morgan fingerprint density at radius 1 is 1.33 bits per heavy atom. The maximum absolute atomic E-state index is 10.9. The van der Waals surface area contributed by atoms with Crippen LogP contribution in [0, 0.1) is 11.8 Å². The van der Waals surface area contributed by atoms with Crippen molar-refractivity contribution in [2.45, 2.75) is 46.6 Å². The Hall–Kier alpha value is -1.06. The molecule has 4 nitrogen and oxygen atoms in total. The first-order valence-corrected chi connectivity index (χ1v) is 5.37. The van der Waals surface area contributed by atoms with Gasteiger partial charge in [0.2, 0.25) is 5.91 Å². The number of nitrogens with one attached hydrogen (secondary N) is 1. The van der Waals surface area contributed by atoms with Crippen LogP contribution in [0.4, 0.5) is 0 Å². The van der Waals surface area contributed by atoms with Crippen LogP contribution in [0.15, 0.2) is 0 Å². The second kappa shape index (κ2) is 6.43. The van der Waals surface area contributed by atoms with Crippen molar-refractivity contribution in [1.82, 2.24) is 5.32 Å². The molecule has 0 aliphatic carbocycles. The number of carbonyl (C=O) groups is 2. The summed E-state index contributed by atoms with van der Waals surface area (Å²) in [7, 11) is 0. The Bertz CT molecular complexity index is 212. The maximum Gasteiger partial charge on any atom is 0.305 e. The minimum absolute atomic E-state index is 0.00884. The van der Waals surface area contributed by atoms with Crippen LogP contribution in [0.1, 0.15) is 40.5 Å². The summed E-state index contributed by atoms with van der Waals surface area (Å²) >= 11 is 0. The van der Waals surface area contributed by atoms with Gasteiger partial charge in [-0.1, -0.05) is 27.2 Å². The lowest BCUT2D eigenvalue weighted by molar-refractivity contribution is -0.138. The largest absolute Gasteiger partial charge is 0.481 e. The van der Waals surface area contributed by atoms with Crippen molar-refractivity contribution in [3.8, 4) is 0 Å². The van der Waals surface area contributed by atoms with Gasteiger partial charge in [0.05, 0.1) is 6.42 Å². The smallest absolute Gasteiger partial charge is 0.305 e. The van der Waals surface area contributed by atoms with Gasteiger partial charge in [-0.15, -0.1) is 0 Å². The maximum atomic E-state index is 10.9. The van der Waals surface area contributed by atoms with Crippen molar-refractivity contribution < 1.29 is 14.7 Å². The third kappa shape index (κ3) is 5.40. The molecular weight excluding hydrogens is 194 g/mol. The predicted molar refractivity (Wildman–Crippen MR) is 58.5 cm³/mol. The van der Waals surface area contributed by atoms with E-state index in [2.05, 4.69) is 19.2 Å². The Kier molecular flexibility index (Phi) is 5.97. The summed E-state index contributed by atoms with van der Waals surface area (Å²) in [5.74, 6) is -0.462. The van der Waals surface area contributed by atoms with Crippen molar-refractivity contribution in [2.75, 3.05) is 0 Å². The van der Waals surface area contributed by atoms with Gasteiger partial charge in [0.1, 0.15) is 0 Å². The highest BCUT2D eigenvalue weighted by Gasteiger charge is 2.24. The first kappa shape index (κ1) is 13.9. The predicted octanol–water partition coefficient (Wildman–Crippen LogP) is 1.65. The molecule has 0 aromatic rings. The number of hydrogen-bond donors (Lipinski definition) is 2. The number of carboxylic acids is 1. The zero-order valence-electron chi connectivity index (χ0n) is 9.91. The molecule has 0 heterocycles. The zero-order valence-corrected chi connectivity index (χ0v) is 9.91. The molecule has 0 fully saturated rings. The highest BCUT2D eigenvalue weighted by atomic mass is 16.4. The Balaban J connectivity index is 4.45. The molecule has 0 aromatic carbocycles. The van der Waals surface area contributed by atoms with Crippen molar-refractivity contribution in [3.05, 3.63) is 0 Å². The second-order valence-corrected chi connectivity index (χ2v) is 4.15. The highest BCUT2D eigenvalue weighted by Crippen LogP contribution is 2.20. The summed E-state index contributed by atoms with van der Waals surface area (Å²) < 4.78 is 0. The fourth-order valence-corrected chi connectivity index (χ4v) is 1.59. The van der Waals surface area contributed by atoms with Crippen molar-refractivity contribution in [3.63, 3.8) is 0 Å².